The molecular weight excluding hydrogens is 432 g/mol. The number of esters is 1. The molecule has 3 aromatic rings. The number of amides is 1. The molecule has 0 saturated carbocycles. The maximum atomic E-state index is 12.4. The highest BCUT2D eigenvalue weighted by Gasteiger charge is 2.17. The smallest absolute Gasteiger partial charge is 0.340 e. The Kier molecular flexibility index (Phi) is 6.41. The number of carbonyl (C=O) groups is 2. The fraction of sp³-hybridized carbons (Fsp3) is 0.211. The Balaban J connectivity index is 1.70. The lowest BCUT2D eigenvalue weighted by molar-refractivity contribution is -0.115. The standard InChI is InChI=1S/C19H17BrN2O4S/c1-2-7-26-19(24)14-9-12(20)5-6-15(14)22-17(23)10-13-11-27-18(21-13)16-4-3-8-25-16/h3-6,8-9,11H,2,7,10H2,1H3,(H,22,23). The minimum atomic E-state index is -0.470. The number of nitrogens with zero attached hydrogens (tertiary/aromatic N) is 1. The fourth-order valence-corrected chi connectivity index (χ4v) is 3.47. The first-order valence-electron chi connectivity index (χ1n) is 8.31. The van der Waals surface area contributed by atoms with Crippen LogP contribution in [0.15, 0.2) is 50.9 Å². The highest BCUT2D eigenvalue weighted by atomic mass is 79.9. The van der Waals surface area contributed by atoms with Crippen LogP contribution in [0, 0.1) is 0 Å². The van der Waals surface area contributed by atoms with Crippen molar-refractivity contribution in [1.29, 1.82) is 0 Å². The Morgan fingerprint density at radius 3 is 2.93 bits per heavy atom. The number of halogens is 1. The van der Waals surface area contributed by atoms with E-state index in [1.165, 1.54) is 11.3 Å². The van der Waals surface area contributed by atoms with Crippen LogP contribution in [0.4, 0.5) is 5.69 Å². The van der Waals surface area contributed by atoms with Gasteiger partial charge in [-0.1, -0.05) is 22.9 Å². The van der Waals surface area contributed by atoms with Gasteiger partial charge < -0.3 is 14.5 Å². The molecule has 2 aromatic heterocycles. The molecule has 8 heteroatoms. The highest BCUT2D eigenvalue weighted by Crippen LogP contribution is 2.25. The van der Waals surface area contributed by atoms with Gasteiger partial charge in [-0.3, -0.25) is 4.79 Å². The number of rotatable bonds is 7. The number of nitrogens with one attached hydrogen (secondary N) is 1. The van der Waals surface area contributed by atoms with Crippen LogP contribution in [-0.2, 0) is 16.0 Å². The van der Waals surface area contributed by atoms with Gasteiger partial charge in [0.1, 0.15) is 0 Å². The van der Waals surface area contributed by atoms with Gasteiger partial charge in [0.25, 0.3) is 0 Å². The summed E-state index contributed by atoms with van der Waals surface area (Å²) >= 11 is 4.75. The molecule has 1 amide bonds. The predicted octanol–water partition coefficient (Wildman–Crippen LogP) is 4.91. The first-order valence-corrected chi connectivity index (χ1v) is 9.99. The average molecular weight is 449 g/mol. The summed E-state index contributed by atoms with van der Waals surface area (Å²) in [6, 6.07) is 8.66. The Hall–Kier alpha value is -2.45. The van der Waals surface area contributed by atoms with Gasteiger partial charge in [-0.15, -0.1) is 11.3 Å². The molecule has 2 heterocycles. The Labute approximate surface area is 168 Å². The predicted molar refractivity (Wildman–Crippen MR) is 107 cm³/mol. The molecule has 0 spiro atoms. The molecule has 0 bridgehead atoms. The zero-order valence-corrected chi connectivity index (χ0v) is 16.9. The van der Waals surface area contributed by atoms with Gasteiger partial charge in [0.05, 0.1) is 36.2 Å². The van der Waals surface area contributed by atoms with Crippen molar-refractivity contribution < 1.29 is 18.7 Å². The summed E-state index contributed by atoms with van der Waals surface area (Å²) in [6.07, 6.45) is 2.40. The first kappa shape index (κ1) is 19.3. The van der Waals surface area contributed by atoms with Crippen molar-refractivity contribution in [2.45, 2.75) is 19.8 Å². The average Bonchev–Trinajstić information content (AvgIpc) is 3.32. The molecule has 140 valence electrons. The second kappa shape index (κ2) is 8.96. The summed E-state index contributed by atoms with van der Waals surface area (Å²) in [7, 11) is 0. The molecule has 0 fully saturated rings. The summed E-state index contributed by atoms with van der Waals surface area (Å²) in [5.74, 6) is -0.0686. The molecule has 27 heavy (non-hydrogen) atoms. The summed E-state index contributed by atoms with van der Waals surface area (Å²) in [5, 5.41) is 5.30. The number of thiazole rings is 1. The van der Waals surface area contributed by atoms with E-state index in [1.807, 2.05) is 18.4 Å². The summed E-state index contributed by atoms with van der Waals surface area (Å²) < 4.78 is 11.2. The molecule has 0 atom stereocenters. The van der Waals surface area contributed by atoms with Crippen LogP contribution in [0.2, 0.25) is 0 Å². The van der Waals surface area contributed by atoms with Crippen molar-refractivity contribution in [3.63, 3.8) is 0 Å². The monoisotopic (exact) mass is 448 g/mol. The molecule has 3 rings (SSSR count). The summed E-state index contributed by atoms with van der Waals surface area (Å²) in [4.78, 5) is 29.1. The number of aromatic nitrogens is 1. The van der Waals surface area contributed by atoms with Gasteiger partial charge in [-0.2, -0.15) is 0 Å². The van der Waals surface area contributed by atoms with E-state index >= 15 is 0 Å². The zero-order chi connectivity index (χ0) is 19.2. The minimum Gasteiger partial charge on any atom is -0.462 e. The number of furan rings is 1. The molecule has 0 radical (unpaired) electrons. The van der Waals surface area contributed by atoms with Gasteiger partial charge >= 0.3 is 5.97 Å². The molecule has 0 aliphatic heterocycles. The lowest BCUT2D eigenvalue weighted by Gasteiger charge is -2.11. The van der Waals surface area contributed by atoms with E-state index in [4.69, 9.17) is 9.15 Å². The number of hydrogen-bond donors (Lipinski definition) is 1. The number of benzene rings is 1. The van der Waals surface area contributed by atoms with Crippen LogP contribution in [-0.4, -0.2) is 23.5 Å². The van der Waals surface area contributed by atoms with Crippen molar-refractivity contribution in [2.75, 3.05) is 11.9 Å². The van der Waals surface area contributed by atoms with Crippen molar-refractivity contribution in [2.24, 2.45) is 0 Å². The third kappa shape index (κ3) is 5.05. The molecule has 6 nitrogen and oxygen atoms in total. The van der Waals surface area contributed by atoms with Crippen molar-refractivity contribution >= 4 is 44.8 Å². The van der Waals surface area contributed by atoms with Crippen molar-refractivity contribution in [3.05, 3.63) is 57.7 Å². The summed E-state index contributed by atoms with van der Waals surface area (Å²) in [5.41, 5.74) is 1.35. The van der Waals surface area contributed by atoms with Gasteiger partial charge in [-0.05, 0) is 36.8 Å². The van der Waals surface area contributed by atoms with Crippen LogP contribution in [0.25, 0.3) is 10.8 Å². The van der Waals surface area contributed by atoms with E-state index in [-0.39, 0.29) is 12.3 Å². The lowest BCUT2D eigenvalue weighted by atomic mass is 10.1. The second-order valence-electron chi connectivity index (χ2n) is 5.67. The quantitative estimate of drug-likeness (QED) is 0.519. The van der Waals surface area contributed by atoms with Gasteiger partial charge in [0.15, 0.2) is 10.8 Å². The third-order valence-corrected chi connectivity index (χ3v) is 4.94. The fourth-order valence-electron chi connectivity index (χ4n) is 2.33. The normalized spacial score (nSPS) is 10.6. The zero-order valence-electron chi connectivity index (χ0n) is 14.5. The lowest BCUT2D eigenvalue weighted by Crippen LogP contribution is -2.18. The maximum absolute atomic E-state index is 12.4. The number of anilines is 1. The van der Waals surface area contributed by atoms with E-state index in [0.29, 0.717) is 29.3 Å². The SMILES string of the molecule is CCCOC(=O)c1cc(Br)ccc1NC(=O)Cc1csc(-c2ccco2)n1. The largest absolute Gasteiger partial charge is 0.462 e. The third-order valence-electron chi connectivity index (χ3n) is 3.54. The van der Waals surface area contributed by atoms with E-state index in [0.717, 1.165) is 15.9 Å². The number of hydrogen-bond acceptors (Lipinski definition) is 6. The molecule has 0 aliphatic rings. The van der Waals surface area contributed by atoms with Gasteiger partial charge in [0.2, 0.25) is 5.91 Å². The molecule has 1 aromatic carbocycles. The van der Waals surface area contributed by atoms with Gasteiger partial charge in [0, 0.05) is 9.85 Å². The minimum absolute atomic E-state index is 0.0940. The molecule has 0 aliphatic carbocycles. The van der Waals surface area contributed by atoms with Crippen LogP contribution in [0.3, 0.4) is 0 Å². The first-order chi connectivity index (χ1) is 13.1. The van der Waals surface area contributed by atoms with E-state index < -0.39 is 5.97 Å². The number of carbonyl (C=O) groups excluding carboxylic acids is 2. The van der Waals surface area contributed by atoms with E-state index in [1.54, 1.807) is 30.5 Å². The van der Waals surface area contributed by atoms with Crippen LogP contribution in [0.1, 0.15) is 29.4 Å². The van der Waals surface area contributed by atoms with E-state index in [9.17, 15) is 9.59 Å². The topological polar surface area (TPSA) is 81.4 Å². The van der Waals surface area contributed by atoms with Gasteiger partial charge in [-0.25, -0.2) is 9.78 Å². The highest BCUT2D eigenvalue weighted by molar-refractivity contribution is 9.10. The van der Waals surface area contributed by atoms with E-state index in [2.05, 4.69) is 26.2 Å². The van der Waals surface area contributed by atoms with Crippen molar-refractivity contribution in [1.82, 2.24) is 4.98 Å². The van der Waals surface area contributed by atoms with Crippen LogP contribution < -0.4 is 5.32 Å². The molecule has 1 N–H and O–H groups in total. The van der Waals surface area contributed by atoms with Crippen molar-refractivity contribution in [3.8, 4) is 10.8 Å². The second-order valence-corrected chi connectivity index (χ2v) is 7.45. The Morgan fingerprint density at radius 2 is 2.19 bits per heavy atom. The maximum Gasteiger partial charge on any atom is 0.340 e. The Morgan fingerprint density at radius 1 is 1.33 bits per heavy atom. The molecule has 0 unspecified atom stereocenters. The van der Waals surface area contributed by atoms with Crippen LogP contribution >= 0.6 is 27.3 Å². The number of ether oxygens (including phenoxy) is 1. The molecular formula is C19H17BrN2O4S. The molecule has 0 saturated heterocycles. The Bertz CT molecular complexity index is 937. The summed E-state index contributed by atoms with van der Waals surface area (Å²) in [6.45, 7) is 2.24. The van der Waals surface area contributed by atoms with Crippen LogP contribution in [0.5, 0.6) is 0 Å².